The van der Waals surface area contributed by atoms with Crippen LogP contribution < -0.4 is 4.18 Å². The molecule has 0 aliphatic carbocycles. The van der Waals surface area contributed by atoms with E-state index in [-0.39, 0.29) is 0 Å². The molecular formula is C7H6F2O6S2. The van der Waals surface area contributed by atoms with E-state index < -0.39 is 42.7 Å². The summed E-state index contributed by atoms with van der Waals surface area (Å²) in [6, 6.07) is 1.76. The molecule has 96 valence electrons. The number of benzene rings is 1. The Hall–Kier alpha value is -1.26. The molecule has 0 heterocycles. The fourth-order valence-corrected chi connectivity index (χ4v) is 2.95. The van der Waals surface area contributed by atoms with Crippen LogP contribution in [-0.4, -0.2) is 26.5 Å². The van der Waals surface area contributed by atoms with Gasteiger partial charge in [0.25, 0.3) is 10.1 Å². The largest absolute Gasteiger partial charge is 0.378 e. The molecular weight excluding hydrogens is 282 g/mol. The third kappa shape index (κ3) is 4.63. The van der Waals surface area contributed by atoms with Gasteiger partial charge < -0.3 is 4.18 Å². The van der Waals surface area contributed by atoms with Crippen molar-refractivity contribution in [2.24, 2.45) is 0 Å². The van der Waals surface area contributed by atoms with Gasteiger partial charge in [-0.1, -0.05) is 0 Å². The minimum absolute atomic E-state index is 0.359. The highest BCUT2D eigenvalue weighted by atomic mass is 32.3. The normalized spacial score (nSPS) is 12.4. The molecule has 10 heteroatoms. The highest BCUT2D eigenvalue weighted by Gasteiger charge is 2.23. The number of hydrogen-bond acceptors (Lipinski definition) is 5. The van der Waals surface area contributed by atoms with Gasteiger partial charge in [0, 0.05) is 6.07 Å². The summed E-state index contributed by atoms with van der Waals surface area (Å²) >= 11 is 0. The van der Waals surface area contributed by atoms with Crippen LogP contribution in [0.5, 0.6) is 5.75 Å². The maximum atomic E-state index is 13.0. The fourth-order valence-electron chi connectivity index (χ4n) is 0.886. The molecule has 1 aromatic rings. The van der Waals surface area contributed by atoms with E-state index in [0.29, 0.717) is 12.1 Å². The van der Waals surface area contributed by atoms with Gasteiger partial charge in [0.2, 0.25) is 5.08 Å². The van der Waals surface area contributed by atoms with E-state index in [1.165, 1.54) is 0 Å². The Kier molecular flexibility index (Phi) is 3.69. The molecule has 6 nitrogen and oxygen atoms in total. The molecule has 0 atom stereocenters. The first kappa shape index (κ1) is 13.8. The lowest BCUT2D eigenvalue weighted by Gasteiger charge is -2.06. The van der Waals surface area contributed by atoms with Crippen LogP contribution in [0.2, 0.25) is 0 Å². The minimum atomic E-state index is -4.83. The molecule has 0 radical (unpaired) electrons. The Morgan fingerprint density at radius 2 is 1.76 bits per heavy atom. The molecule has 0 unspecified atom stereocenters. The van der Waals surface area contributed by atoms with E-state index in [0.717, 1.165) is 6.07 Å². The van der Waals surface area contributed by atoms with Crippen LogP contribution in [0, 0.1) is 11.6 Å². The number of hydrogen-bond donors (Lipinski definition) is 1. The van der Waals surface area contributed by atoms with Gasteiger partial charge in [0.15, 0.2) is 11.6 Å². The smallest absolute Gasteiger partial charge is 0.326 e. The van der Waals surface area contributed by atoms with Crippen LogP contribution in [0.15, 0.2) is 18.2 Å². The van der Waals surface area contributed by atoms with Crippen molar-refractivity contribution in [3.8, 4) is 5.75 Å². The lowest BCUT2D eigenvalue weighted by atomic mass is 10.3. The third-order valence-corrected chi connectivity index (χ3v) is 4.18. The first-order valence-electron chi connectivity index (χ1n) is 3.91. The van der Waals surface area contributed by atoms with Crippen molar-refractivity contribution in [3.63, 3.8) is 0 Å². The van der Waals surface area contributed by atoms with E-state index in [1.807, 2.05) is 0 Å². The molecule has 1 aromatic carbocycles. The maximum Gasteiger partial charge on any atom is 0.326 e. The Labute approximate surface area is 95.7 Å². The molecule has 0 saturated carbocycles. The second-order valence-electron chi connectivity index (χ2n) is 2.92. The zero-order chi connectivity index (χ0) is 13.3. The van der Waals surface area contributed by atoms with Crippen molar-refractivity contribution in [2.75, 3.05) is 5.08 Å². The second kappa shape index (κ2) is 4.55. The standard InChI is InChI=1S/C7H6F2O6S2/c8-5-1-2-7(6(9)3-5)15-17(13,14)4-16(10,11)12/h1-3H,4H2,(H,10,11,12). The first-order chi connectivity index (χ1) is 7.59. The zero-order valence-corrected chi connectivity index (χ0v) is 9.63. The molecule has 0 amide bonds. The summed E-state index contributed by atoms with van der Waals surface area (Å²) in [6.07, 6.45) is 0. The van der Waals surface area contributed by atoms with E-state index in [1.54, 1.807) is 0 Å². The van der Waals surface area contributed by atoms with Crippen molar-refractivity contribution in [2.45, 2.75) is 0 Å². The van der Waals surface area contributed by atoms with Crippen LogP contribution in [-0.2, 0) is 20.2 Å². The zero-order valence-electron chi connectivity index (χ0n) is 8.00. The highest BCUT2D eigenvalue weighted by molar-refractivity contribution is 8.03. The van der Waals surface area contributed by atoms with Gasteiger partial charge in [-0.3, -0.25) is 4.55 Å². The van der Waals surface area contributed by atoms with E-state index in [2.05, 4.69) is 4.18 Å². The van der Waals surface area contributed by atoms with Gasteiger partial charge in [-0.15, -0.1) is 0 Å². The molecule has 0 aliphatic heterocycles. The number of halogens is 2. The summed E-state index contributed by atoms with van der Waals surface area (Å²) in [5, 5.41) is -1.73. The quantitative estimate of drug-likeness (QED) is 0.640. The van der Waals surface area contributed by atoms with Gasteiger partial charge >= 0.3 is 10.1 Å². The van der Waals surface area contributed by atoms with E-state index in [4.69, 9.17) is 4.55 Å². The van der Waals surface area contributed by atoms with E-state index >= 15 is 0 Å². The summed E-state index contributed by atoms with van der Waals surface area (Å²) < 4.78 is 80.5. The average Bonchev–Trinajstić information content (AvgIpc) is 2.05. The van der Waals surface area contributed by atoms with Crippen LogP contribution >= 0.6 is 0 Å². The van der Waals surface area contributed by atoms with Gasteiger partial charge in [-0.2, -0.15) is 16.8 Å². The Morgan fingerprint density at radius 1 is 1.18 bits per heavy atom. The fraction of sp³-hybridized carbons (Fsp3) is 0.143. The van der Waals surface area contributed by atoms with Crippen LogP contribution in [0.4, 0.5) is 8.78 Å². The lowest BCUT2D eigenvalue weighted by molar-refractivity contribution is 0.454. The predicted octanol–water partition coefficient (Wildman–Crippen LogP) is 0.519. The molecule has 0 aliphatic rings. The second-order valence-corrected chi connectivity index (χ2v) is 6.30. The summed E-state index contributed by atoms with van der Waals surface area (Å²) in [5.41, 5.74) is 0. The van der Waals surface area contributed by atoms with Crippen molar-refractivity contribution < 1.29 is 34.4 Å². The van der Waals surface area contributed by atoms with Crippen molar-refractivity contribution in [1.82, 2.24) is 0 Å². The molecule has 1 N–H and O–H groups in total. The van der Waals surface area contributed by atoms with Gasteiger partial charge in [0.1, 0.15) is 5.82 Å². The first-order valence-corrected chi connectivity index (χ1v) is 7.10. The molecule has 0 aromatic heterocycles. The highest BCUT2D eigenvalue weighted by Crippen LogP contribution is 2.19. The summed E-state index contributed by atoms with van der Waals surface area (Å²) in [4.78, 5) is 0. The van der Waals surface area contributed by atoms with Crippen molar-refractivity contribution in [3.05, 3.63) is 29.8 Å². The Balaban J connectivity index is 2.99. The monoisotopic (exact) mass is 288 g/mol. The molecule has 0 fully saturated rings. The van der Waals surface area contributed by atoms with Crippen LogP contribution in [0.3, 0.4) is 0 Å². The Morgan fingerprint density at radius 3 is 2.24 bits per heavy atom. The molecule has 1 rings (SSSR count). The lowest BCUT2D eigenvalue weighted by Crippen LogP contribution is -2.20. The SMILES string of the molecule is O=S(=O)(O)CS(=O)(=O)Oc1ccc(F)cc1F. The molecule has 0 spiro atoms. The summed E-state index contributed by atoms with van der Waals surface area (Å²) in [5.74, 6) is -3.14. The van der Waals surface area contributed by atoms with Gasteiger partial charge in [-0.05, 0) is 12.1 Å². The Bertz CT molecular complexity index is 622. The van der Waals surface area contributed by atoms with Crippen molar-refractivity contribution in [1.29, 1.82) is 0 Å². The van der Waals surface area contributed by atoms with Crippen molar-refractivity contribution >= 4 is 20.2 Å². The predicted molar refractivity (Wildman–Crippen MR) is 52.3 cm³/mol. The van der Waals surface area contributed by atoms with Gasteiger partial charge in [-0.25, -0.2) is 8.78 Å². The third-order valence-electron chi connectivity index (χ3n) is 1.40. The molecule has 17 heavy (non-hydrogen) atoms. The molecule has 0 saturated heterocycles. The summed E-state index contributed by atoms with van der Waals surface area (Å²) in [7, 11) is -9.56. The van der Waals surface area contributed by atoms with Gasteiger partial charge in [0.05, 0.1) is 0 Å². The summed E-state index contributed by atoms with van der Waals surface area (Å²) in [6.45, 7) is 0. The number of rotatable bonds is 4. The van der Waals surface area contributed by atoms with Crippen LogP contribution in [0.25, 0.3) is 0 Å². The maximum absolute atomic E-state index is 13.0. The average molecular weight is 288 g/mol. The topological polar surface area (TPSA) is 97.7 Å². The molecule has 0 bridgehead atoms. The van der Waals surface area contributed by atoms with E-state index in [9.17, 15) is 25.6 Å². The van der Waals surface area contributed by atoms with Crippen LogP contribution in [0.1, 0.15) is 0 Å². The minimum Gasteiger partial charge on any atom is -0.378 e.